The summed E-state index contributed by atoms with van der Waals surface area (Å²) < 4.78 is 5.79. The molecule has 1 fully saturated rings. The molecule has 0 aliphatic carbocycles. The number of pyridine rings is 1. The number of benzene rings is 2. The SMILES string of the molecule is O=C(c1ccc(Nc2ccc(Oc3ccccc3)cc2)nc1)N1CCCC1. The van der Waals surface area contributed by atoms with Crippen molar-refractivity contribution in [3.05, 3.63) is 78.5 Å². The standard InChI is InChI=1S/C22H21N3O2/c26-22(25-14-4-5-15-25)17-8-13-21(23-16-17)24-18-9-11-20(12-10-18)27-19-6-2-1-3-7-19/h1-3,6-13,16H,4-5,14-15H2,(H,23,24). The van der Waals surface area contributed by atoms with Crippen molar-refractivity contribution in [3.8, 4) is 11.5 Å². The van der Waals surface area contributed by atoms with Crippen LogP contribution in [0.15, 0.2) is 72.9 Å². The Morgan fingerprint density at radius 1 is 0.889 bits per heavy atom. The topological polar surface area (TPSA) is 54.5 Å². The van der Waals surface area contributed by atoms with E-state index in [1.807, 2.05) is 71.6 Å². The summed E-state index contributed by atoms with van der Waals surface area (Å²) in [6.07, 6.45) is 3.81. The number of amides is 1. The van der Waals surface area contributed by atoms with Crippen LogP contribution in [0, 0.1) is 0 Å². The zero-order valence-corrected chi connectivity index (χ0v) is 15.0. The number of anilines is 2. The van der Waals surface area contributed by atoms with Gasteiger partial charge in [0.25, 0.3) is 5.91 Å². The molecule has 5 heteroatoms. The van der Waals surface area contributed by atoms with Crippen LogP contribution in [-0.4, -0.2) is 28.9 Å². The van der Waals surface area contributed by atoms with Crippen molar-refractivity contribution in [1.82, 2.24) is 9.88 Å². The number of nitrogens with one attached hydrogen (secondary N) is 1. The van der Waals surface area contributed by atoms with Crippen LogP contribution in [0.4, 0.5) is 11.5 Å². The molecular formula is C22H21N3O2. The fourth-order valence-electron chi connectivity index (χ4n) is 3.08. The first kappa shape index (κ1) is 17.1. The molecule has 1 N–H and O–H groups in total. The molecule has 1 aromatic heterocycles. The van der Waals surface area contributed by atoms with Gasteiger partial charge in [0.05, 0.1) is 5.56 Å². The molecule has 27 heavy (non-hydrogen) atoms. The van der Waals surface area contributed by atoms with E-state index in [-0.39, 0.29) is 5.91 Å². The van der Waals surface area contributed by atoms with Gasteiger partial charge in [-0.3, -0.25) is 4.79 Å². The molecule has 0 spiro atoms. The van der Waals surface area contributed by atoms with E-state index in [0.717, 1.165) is 43.1 Å². The third kappa shape index (κ3) is 4.26. The molecule has 1 aliphatic heterocycles. The van der Waals surface area contributed by atoms with Crippen molar-refractivity contribution >= 4 is 17.4 Å². The first-order chi connectivity index (χ1) is 13.3. The Balaban J connectivity index is 1.38. The molecule has 3 aromatic rings. The molecule has 0 bridgehead atoms. The Morgan fingerprint density at radius 3 is 2.26 bits per heavy atom. The maximum Gasteiger partial charge on any atom is 0.255 e. The van der Waals surface area contributed by atoms with Gasteiger partial charge < -0.3 is 15.0 Å². The van der Waals surface area contributed by atoms with Crippen LogP contribution in [0.1, 0.15) is 23.2 Å². The molecule has 4 rings (SSSR count). The number of likely N-dealkylation sites (tertiary alicyclic amines) is 1. The summed E-state index contributed by atoms with van der Waals surface area (Å²) in [5.41, 5.74) is 1.54. The first-order valence-corrected chi connectivity index (χ1v) is 9.13. The smallest absolute Gasteiger partial charge is 0.255 e. The second-order valence-electron chi connectivity index (χ2n) is 6.50. The van der Waals surface area contributed by atoms with Crippen LogP contribution in [0.25, 0.3) is 0 Å². The molecular weight excluding hydrogens is 338 g/mol. The molecule has 5 nitrogen and oxygen atoms in total. The third-order valence-electron chi connectivity index (χ3n) is 4.51. The summed E-state index contributed by atoms with van der Waals surface area (Å²) in [6, 6.07) is 21.0. The minimum Gasteiger partial charge on any atom is -0.457 e. The second-order valence-corrected chi connectivity index (χ2v) is 6.50. The van der Waals surface area contributed by atoms with Crippen molar-refractivity contribution in [2.45, 2.75) is 12.8 Å². The van der Waals surface area contributed by atoms with Crippen molar-refractivity contribution in [1.29, 1.82) is 0 Å². The van der Waals surface area contributed by atoms with Gasteiger partial charge in [0.15, 0.2) is 0 Å². The van der Waals surface area contributed by atoms with Crippen molar-refractivity contribution in [2.75, 3.05) is 18.4 Å². The van der Waals surface area contributed by atoms with Gasteiger partial charge >= 0.3 is 0 Å². The monoisotopic (exact) mass is 359 g/mol. The maximum atomic E-state index is 12.4. The molecule has 136 valence electrons. The molecule has 0 radical (unpaired) electrons. The lowest BCUT2D eigenvalue weighted by atomic mass is 10.2. The van der Waals surface area contributed by atoms with E-state index in [1.54, 1.807) is 6.20 Å². The highest BCUT2D eigenvalue weighted by molar-refractivity contribution is 5.94. The Morgan fingerprint density at radius 2 is 1.59 bits per heavy atom. The molecule has 2 aromatic carbocycles. The second kappa shape index (κ2) is 7.91. The van der Waals surface area contributed by atoms with Crippen LogP contribution in [0.2, 0.25) is 0 Å². The summed E-state index contributed by atoms with van der Waals surface area (Å²) in [4.78, 5) is 18.6. The van der Waals surface area contributed by atoms with Crippen molar-refractivity contribution < 1.29 is 9.53 Å². The lowest BCUT2D eigenvalue weighted by Gasteiger charge is -2.15. The van der Waals surface area contributed by atoms with E-state index >= 15 is 0 Å². The lowest BCUT2D eigenvalue weighted by molar-refractivity contribution is 0.0792. The molecule has 0 atom stereocenters. The van der Waals surface area contributed by atoms with E-state index in [1.165, 1.54) is 0 Å². The molecule has 1 saturated heterocycles. The van der Waals surface area contributed by atoms with Gasteiger partial charge in [-0.2, -0.15) is 0 Å². The number of para-hydroxylation sites is 1. The van der Waals surface area contributed by atoms with Crippen molar-refractivity contribution in [2.24, 2.45) is 0 Å². The van der Waals surface area contributed by atoms with E-state index in [9.17, 15) is 4.79 Å². The lowest BCUT2D eigenvalue weighted by Crippen LogP contribution is -2.27. The summed E-state index contributed by atoms with van der Waals surface area (Å²) in [5, 5.41) is 3.24. The van der Waals surface area contributed by atoms with Gasteiger partial charge in [0.2, 0.25) is 0 Å². The van der Waals surface area contributed by atoms with E-state index in [4.69, 9.17) is 4.74 Å². The summed E-state index contributed by atoms with van der Waals surface area (Å²) >= 11 is 0. The van der Waals surface area contributed by atoms with Gasteiger partial charge in [0, 0.05) is 25.0 Å². The average molecular weight is 359 g/mol. The number of hydrogen-bond acceptors (Lipinski definition) is 4. The fraction of sp³-hybridized carbons (Fsp3) is 0.182. The normalized spacial score (nSPS) is 13.4. The number of aromatic nitrogens is 1. The highest BCUT2D eigenvalue weighted by Gasteiger charge is 2.19. The molecule has 1 amide bonds. The number of carbonyl (C=O) groups is 1. The Kier molecular flexibility index (Phi) is 5.01. The van der Waals surface area contributed by atoms with Gasteiger partial charge in [-0.25, -0.2) is 4.98 Å². The molecule has 2 heterocycles. The van der Waals surface area contributed by atoms with Crippen molar-refractivity contribution in [3.63, 3.8) is 0 Å². The van der Waals surface area contributed by atoms with Crippen LogP contribution in [0.5, 0.6) is 11.5 Å². The van der Waals surface area contributed by atoms with Crippen LogP contribution >= 0.6 is 0 Å². The molecule has 0 unspecified atom stereocenters. The fourth-order valence-corrected chi connectivity index (χ4v) is 3.08. The summed E-state index contributed by atoms with van der Waals surface area (Å²) in [7, 11) is 0. The van der Waals surface area contributed by atoms with Crippen LogP contribution < -0.4 is 10.1 Å². The zero-order valence-electron chi connectivity index (χ0n) is 15.0. The van der Waals surface area contributed by atoms with E-state index in [0.29, 0.717) is 11.4 Å². The van der Waals surface area contributed by atoms with Crippen LogP contribution in [-0.2, 0) is 0 Å². The summed E-state index contributed by atoms with van der Waals surface area (Å²) in [5.74, 6) is 2.34. The summed E-state index contributed by atoms with van der Waals surface area (Å²) in [6.45, 7) is 1.69. The molecule has 1 aliphatic rings. The van der Waals surface area contributed by atoms with Crippen LogP contribution in [0.3, 0.4) is 0 Å². The largest absolute Gasteiger partial charge is 0.457 e. The Labute approximate surface area is 158 Å². The average Bonchev–Trinajstić information content (AvgIpc) is 3.25. The number of rotatable bonds is 5. The van der Waals surface area contributed by atoms with Gasteiger partial charge in [-0.15, -0.1) is 0 Å². The first-order valence-electron chi connectivity index (χ1n) is 9.13. The number of nitrogens with zero attached hydrogens (tertiary/aromatic N) is 2. The quantitative estimate of drug-likeness (QED) is 0.707. The number of ether oxygens (including phenoxy) is 1. The predicted octanol–water partition coefficient (Wildman–Crippen LogP) is 4.85. The molecule has 0 saturated carbocycles. The van der Waals surface area contributed by atoms with Gasteiger partial charge in [-0.1, -0.05) is 18.2 Å². The van der Waals surface area contributed by atoms with Gasteiger partial charge in [0.1, 0.15) is 17.3 Å². The number of hydrogen-bond donors (Lipinski definition) is 1. The highest BCUT2D eigenvalue weighted by Crippen LogP contribution is 2.24. The zero-order chi connectivity index (χ0) is 18.5. The predicted molar refractivity (Wildman–Crippen MR) is 106 cm³/mol. The van der Waals surface area contributed by atoms with E-state index in [2.05, 4.69) is 10.3 Å². The van der Waals surface area contributed by atoms with Gasteiger partial charge in [-0.05, 0) is 61.4 Å². The van der Waals surface area contributed by atoms with E-state index < -0.39 is 0 Å². The third-order valence-corrected chi connectivity index (χ3v) is 4.51. The Bertz CT molecular complexity index is 887. The Hall–Kier alpha value is -3.34. The minimum atomic E-state index is 0.0639. The maximum absolute atomic E-state index is 12.4. The number of carbonyl (C=O) groups excluding carboxylic acids is 1. The highest BCUT2D eigenvalue weighted by atomic mass is 16.5. The minimum absolute atomic E-state index is 0.0639.